The van der Waals surface area contributed by atoms with Crippen molar-refractivity contribution in [2.75, 3.05) is 6.54 Å². The lowest BCUT2D eigenvalue weighted by atomic mass is 10.0. The molecule has 2 nitrogen and oxygen atoms in total. The van der Waals surface area contributed by atoms with Crippen molar-refractivity contribution in [3.05, 3.63) is 35.4 Å². The maximum atomic E-state index is 5.92. The summed E-state index contributed by atoms with van der Waals surface area (Å²) in [5.74, 6) is 0. The number of hydrogen-bond donors (Lipinski definition) is 2. The minimum absolute atomic E-state index is 0.0362. The maximum absolute atomic E-state index is 5.92. The molecule has 0 aliphatic rings. The van der Waals surface area contributed by atoms with Gasteiger partial charge in [0.1, 0.15) is 0 Å². The van der Waals surface area contributed by atoms with E-state index >= 15 is 0 Å². The molecule has 0 saturated heterocycles. The Morgan fingerprint density at radius 1 is 1.19 bits per heavy atom. The number of hydrogen-bond acceptors (Lipinski definition) is 2. The molecule has 1 rings (SSSR count). The third kappa shape index (κ3) is 5.89. The number of aryl methyl sites for hydroxylation is 1. The van der Waals surface area contributed by atoms with Crippen LogP contribution in [0, 0.1) is 6.92 Å². The van der Waals surface area contributed by atoms with Crippen LogP contribution in [0.1, 0.15) is 37.8 Å². The fourth-order valence-corrected chi connectivity index (χ4v) is 1.61. The maximum Gasteiger partial charge on any atom is 0.0205 e. The molecule has 0 aromatic heterocycles. The molecule has 16 heavy (non-hydrogen) atoms. The summed E-state index contributed by atoms with van der Waals surface area (Å²) in [4.78, 5) is 0. The van der Waals surface area contributed by atoms with Crippen molar-refractivity contribution in [2.24, 2.45) is 5.73 Å². The lowest BCUT2D eigenvalue weighted by molar-refractivity contribution is 0.448. The zero-order valence-corrected chi connectivity index (χ0v) is 10.7. The van der Waals surface area contributed by atoms with Gasteiger partial charge >= 0.3 is 0 Å². The summed E-state index contributed by atoms with van der Waals surface area (Å²) in [6.07, 6.45) is 2.20. The van der Waals surface area contributed by atoms with Crippen molar-refractivity contribution in [1.82, 2.24) is 5.32 Å². The first-order chi connectivity index (χ1) is 7.47. The van der Waals surface area contributed by atoms with E-state index in [1.54, 1.807) is 0 Å². The highest BCUT2D eigenvalue weighted by molar-refractivity contribution is 5.20. The molecular weight excluding hydrogens is 196 g/mol. The molecule has 90 valence electrons. The molecule has 0 saturated carbocycles. The summed E-state index contributed by atoms with van der Waals surface area (Å²) in [5.41, 5.74) is 8.54. The van der Waals surface area contributed by atoms with E-state index in [0.717, 1.165) is 25.9 Å². The molecule has 1 aromatic carbocycles. The smallest absolute Gasteiger partial charge is 0.0205 e. The van der Waals surface area contributed by atoms with Gasteiger partial charge in [-0.25, -0.2) is 0 Å². The molecule has 0 amide bonds. The summed E-state index contributed by atoms with van der Waals surface area (Å²) >= 11 is 0. The molecule has 0 heterocycles. The number of nitrogens with two attached hydrogens (primary N) is 1. The van der Waals surface area contributed by atoms with Crippen LogP contribution in [0.4, 0.5) is 0 Å². The summed E-state index contributed by atoms with van der Waals surface area (Å²) in [7, 11) is 0. The predicted molar refractivity (Wildman–Crippen MR) is 70.4 cm³/mol. The lowest BCUT2D eigenvalue weighted by Crippen LogP contribution is -2.32. The molecule has 0 spiro atoms. The van der Waals surface area contributed by atoms with Crippen LogP contribution in [0.5, 0.6) is 0 Å². The zero-order valence-electron chi connectivity index (χ0n) is 10.7. The Bertz CT molecular complexity index is 296. The van der Waals surface area contributed by atoms with E-state index in [0.29, 0.717) is 0 Å². The first-order valence-corrected chi connectivity index (χ1v) is 6.02. The van der Waals surface area contributed by atoms with Crippen molar-refractivity contribution < 1.29 is 0 Å². The topological polar surface area (TPSA) is 38.0 Å². The van der Waals surface area contributed by atoms with Gasteiger partial charge in [-0.1, -0.05) is 29.8 Å². The van der Waals surface area contributed by atoms with Crippen molar-refractivity contribution in [3.8, 4) is 0 Å². The van der Waals surface area contributed by atoms with E-state index in [4.69, 9.17) is 5.73 Å². The van der Waals surface area contributed by atoms with Gasteiger partial charge in [-0.15, -0.1) is 0 Å². The van der Waals surface area contributed by atoms with E-state index in [1.165, 1.54) is 11.1 Å². The predicted octanol–water partition coefficient (Wildman–Crippen LogP) is 2.60. The van der Waals surface area contributed by atoms with Crippen LogP contribution in [-0.4, -0.2) is 12.1 Å². The standard InChI is InChI=1S/C14H24N2/c1-12-5-7-13(8-6-12)11-16-10-4-9-14(2,3)15/h5-8,16H,4,9-11,15H2,1-3H3. The highest BCUT2D eigenvalue weighted by Crippen LogP contribution is 2.06. The molecular formula is C14H24N2. The quantitative estimate of drug-likeness (QED) is 0.723. The van der Waals surface area contributed by atoms with Gasteiger partial charge < -0.3 is 11.1 Å². The third-order valence-electron chi connectivity index (χ3n) is 2.62. The van der Waals surface area contributed by atoms with Gasteiger partial charge in [-0.3, -0.25) is 0 Å². The normalized spacial score (nSPS) is 11.8. The van der Waals surface area contributed by atoms with E-state index in [-0.39, 0.29) is 5.54 Å². The van der Waals surface area contributed by atoms with Crippen LogP contribution in [0.25, 0.3) is 0 Å². The van der Waals surface area contributed by atoms with E-state index in [2.05, 4.69) is 50.4 Å². The first-order valence-electron chi connectivity index (χ1n) is 6.02. The molecule has 0 aliphatic carbocycles. The Hall–Kier alpha value is -0.860. The van der Waals surface area contributed by atoms with E-state index in [9.17, 15) is 0 Å². The number of benzene rings is 1. The molecule has 0 fully saturated rings. The highest BCUT2D eigenvalue weighted by atomic mass is 14.8. The van der Waals surface area contributed by atoms with Gasteiger partial charge in [0.05, 0.1) is 0 Å². The van der Waals surface area contributed by atoms with Crippen molar-refractivity contribution in [1.29, 1.82) is 0 Å². The average molecular weight is 220 g/mol. The summed E-state index contributed by atoms with van der Waals surface area (Å²) < 4.78 is 0. The SMILES string of the molecule is Cc1ccc(CNCCCC(C)(C)N)cc1. The molecule has 0 unspecified atom stereocenters. The first kappa shape index (κ1) is 13.2. The molecule has 2 heteroatoms. The third-order valence-corrected chi connectivity index (χ3v) is 2.62. The Morgan fingerprint density at radius 2 is 1.81 bits per heavy atom. The van der Waals surface area contributed by atoms with Gasteiger partial charge in [0.2, 0.25) is 0 Å². The molecule has 0 aliphatic heterocycles. The second-order valence-electron chi connectivity index (χ2n) is 5.25. The lowest BCUT2D eigenvalue weighted by Gasteiger charge is -2.17. The van der Waals surface area contributed by atoms with Crippen LogP contribution in [0.2, 0.25) is 0 Å². The monoisotopic (exact) mass is 220 g/mol. The largest absolute Gasteiger partial charge is 0.326 e. The Labute approximate surface area is 99.2 Å². The summed E-state index contributed by atoms with van der Waals surface area (Å²) in [6.45, 7) is 8.25. The zero-order chi connectivity index (χ0) is 12.0. The Morgan fingerprint density at radius 3 is 2.38 bits per heavy atom. The fourth-order valence-electron chi connectivity index (χ4n) is 1.61. The van der Waals surface area contributed by atoms with Crippen LogP contribution in [0.15, 0.2) is 24.3 Å². The average Bonchev–Trinajstić information content (AvgIpc) is 2.19. The van der Waals surface area contributed by atoms with E-state index in [1.807, 2.05) is 0 Å². The van der Waals surface area contributed by atoms with Gasteiger partial charge in [0.15, 0.2) is 0 Å². The Balaban J connectivity index is 2.14. The molecule has 0 atom stereocenters. The van der Waals surface area contributed by atoms with Crippen LogP contribution in [-0.2, 0) is 6.54 Å². The van der Waals surface area contributed by atoms with Gasteiger partial charge in [0.25, 0.3) is 0 Å². The molecule has 3 N–H and O–H groups in total. The van der Waals surface area contributed by atoms with Crippen LogP contribution < -0.4 is 11.1 Å². The minimum Gasteiger partial charge on any atom is -0.326 e. The summed E-state index contributed by atoms with van der Waals surface area (Å²) in [6, 6.07) is 8.66. The second kappa shape index (κ2) is 6.02. The molecule has 1 aromatic rings. The summed E-state index contributed by atoms with van der Waals surface area (Å²) in [5, 5.41) is 3.44. The highest BCUT2D eigenvalue weighted by Gasteiger charge is 2.08. The van der Waals surface area contributed by atoms with Gasteiger partial charge in [-0.05, 0) is 45.7 Å². The number of rotatable bonds is 6. The van der Waals surface area contributed by atoms with Crippen molar-refractivity contribution in [2.45, 2.75) is 45.7 Å². The van der Waals surface area contributed by atoms with E-state index < -0.39 is 0 Å². The van der Waals surface area contributed by atoms with Crippen LogP contribution in [0.3, 0.4) is 0 Å². The fraction of sp³-hybridized carbons (Fsp3) is 0.571. The molecule has 0 radical (unpaired) electrons. The van der Waals surface area contributed by atoms with Crippen molar-refractivity contribution in [3.63, 3.8) is 0 Å². The minimum atomic E-state index is -0.0362. The van der Waals surface area contributed by atoms with Gasteiger partial charge in [-0.2, -0.15) is 0 Å². The second-order valence-corrected chi connectivity index (χ2v) is 5.25. The Kier molecular flexibility index (Phi) is 4.97. The van der Waals surface area contributed by atoms with Crippen LogP contribution >= 0.6 is 0 Å². The number of nitrogens with one attached hydrogen (secondary N) is 1. The van der Waals surface area contributed by atoms with Gasteiger partial charge in [0, 0.05) is 12.1 Å². The molecule has 0 bridgehead atoms. The van der Waals surface area contributed by atoms with Crippen molar-refractivity contribution >= 4 is 0 Å².